The Hall–Kier alpha value is -1.35. The Morgan fingerprint density at radius 3 is 2.65 bits per heavy atom. The van der Waals surface area contributed by atoms with Crippen LogP contribution < -0.4 is 5.32 Å². The third-order valence-corrected chi connectivity index (χ3v) is 4.51. The van der Waals surface area contributed by atoms with Gasteiger partial charge in [-0.15, -0.1) is 0 Å². The van der Waals surface area contributed by atoms with Crippen LogP contribution in [0, 0.1) is 0 Å². The van der Waals surface area contributed by atoms with Crippen LogP contribution in [0.1, 0.15) is 52.8 Å². The van der Waals surface area contributed by atoms with Crippen molar-refractivity contribution in [3.63, 3.8) is 0 Å². The van der Waals surface area contributed by atoms with E-state index in [0.29, 0.717) is 0 Å². The molecule has 1 aromatic heterocycles. The normalized spacial score (nSPS) is 23.6. The van der Waals surface area contributed by atoms with Crippen LogP contribution >= 0.6 is 0 Å². The third-order valence-electron chi connectivity index (χ3n) is 4.51. The molecule has 1 aliphatic heterocycles. The second kappa shape index (κ2) is 4.59. The highest BCUT2D eigenvalue weighted by molar-refractivity contribution is 5.76. The largest absolute Gasteiger partial charge is 0.321 e. The Morgan fingerprint density at radius 1 is 1.30 bits per heavy atom. The first kappa shape index (κ1) is 13.6. The van der Waals surface area contributed by atoms with Gasteiger partial charge in [-0.3, -0.25) is 0 Å². The van der Waals surface area contributed by atoms with Crippen molar-refractivity contribution in [2.75, 3.05) is 6.54 Å². The summed E-state index contributed by atoms with van der Waals surface area (Å²) in [6, 6.07) is 8.50. The summed E-state index contributed by atoms with van der Waals surface area (Å²) in [4.78, 5) is 5.00. The molecule has 2 aromatic rings. The first-order valence-electron chi connectivity index (χ1n) is 7.71. The Bertz CT molecular complexity index is 613. The molecule has 2 heterocycles. The summed E-state index contributed by atoms with van der Waals surface area (Å²) in [5.41, 5.74) is 2.44. The molecule has 0 saturated carbocycles. The number of fused-ring (bicyclic) bond motifs is 1. The lowest BCUT2D eigenvalue weighted by Crippen LogP contribution is -2.41. The Balaban J connectivity index is 2.29. The first-order chi connectivity index (χ1) is 9.48. The molecule has 1 aliphatic rings. The van der Waals surface area contributed by atoms with Crippen LogP contribution in [0.5, 0.6) is 0 Å². The highest BCUT2D eigenvalue weighted by Gasteiger charge is 2.39. The van der Waals surface area contributed by atoms with Crippen LogP contribution in [0.2, 0.25) is 0 Å². The number of hydrogen-bond acceptors (Lipinski definition) is 2. The molecule has 0 spiro atoms. The van der Waals surface area contributed by atoms with Gasteiger partial charge in [-0.05, 0) is 58.7 Å². The molecule has 108 valence electrons. The predicted octanol–water partition coefficient (Wildman–Crippen LogP) is 3.78. The molecular weight excluding hydrogens is 246 g/mol. The molecule has 3 nitrogen and oxygen atoms in total. The smallest absolute Gasteiger partial charge is 0.130 e. The van der Waals surface area contributed by atoms with Crippen molar-refractivity contribution in [3.05, 3.63) is 30.1 Å². The van der Waals surface area contributed by atoms with E-state index in [9.17, 15) is 0 Å². The fourth-order valence-corrected chi connectivity index (χ4v) is 3.48. The molecule has 20 heavy (non-hydrogen) atoms. The van der Waals surface area contributed by atoms with Gasteiger partial charge in [0.15, 0.2) is 0 Å². The van der Waals surface area contributed by atoms with E-state index in [-0.39, 0.29) is 11.1 Å². The fraction of sp³-hybridized carbons (Fsp3) is 0.588. The van der Waals surface area contributed by atoms with Gasteiger partial charge in [-0.1, -0.05) is 19.1 Å². The maximum atomic E-state index is 5.00. The summed E-state index contributed by atoms with van der Waals surface area (Å²) < 4.78 is 2.43. The molecule has 1 N–H and O–H groups in total. The van der Waals surface area contributed by atoms with Gasteiger partial charge < -0.3 is 9.88 Å². The predicted molar refractivity (Wildman–Crippen MR) is 83.9 cm³/mol. The van der Waals surface area contributed by atoms with Crippen molar-refractivity contribution in [2.24, 2.45) is 0 Å². The molecule has 0 radical (unpaired) electrons. The zero-order chi connectivity index (χ0) is 14.4. The number of nitrogens with zero attached hydrogens (tertiary/aromatic N) is 2. The van der Waals surface area contributed by atoms with Crippen molar-refractivity contribution < 1.29 is 0 Å². The molecule has 1 atom stereocenters. The molecule has 3 heteroatoms. The highest BCUT2D eigenvalue weighted by Crippen LogP contribution is 2.38. The summed E-state index contributed by atoms with van der Waals surface area (Å²) in [6.07, 6.45) is 3.51. The van der Waals surface area contributed by atoms with Gasteiger partial charge in [0.25, 0.3) is 0 Å². The summed E-state index contributed by atoms with van der Waals surface area (Å²) in [7, 11) is 0. The average molecular weight is 271 g/mol. The number of para-hydroxylation sites is 2. The van der Waals surface area contributed by atoms with E-state index in [2.05, 4.69) is 61.8 Å². The van der Waals surface area contributed by atoms with E-state index < -0.39 is 0 Å². The van der Waals surface area contributed by atoms with Crippen molar-refractivity contribution in [1.29, 1.82) is 0 Å². The van der Waals surface area contributed by atoms with E-state index >= 15 is 0 Å². The summed E-state index contributed by atoms with van der Waals surface area (Å²) in [6.45, 7) is 10.2. The molecule has 1 aromatic carbocycles. The monoisotopic (exact) mass is 271 g/mol. The Kier molecular flexibility index (Phi) is 3.13. The summed E-state index contributed by atoms with van der Waals surface area (Å²) in [5.74, 6) is 1.21. The van der Waals surface area contributed by atoms with Crippen LogP contribution in [0.25, 0.3) is 11.0 Å². The second-order valence-electron chi connectivity index (χ2n) is 6.90. The van der Waals surface area contributed by atoms with Gasteiger partial charge in [0.05, 0.1) is 16.6 Å². The number of rotatable bonds is 2. The van der Waals surface area contributed by atoms with Crippen LogP contribution in [-0.4, -0.2) is 16.1 Å². The van der Waals surface area contributed by atoms with Gasteiger partial charge in [0, 0.05) is 5.54 Å². The standard InChI is InChI=1S/C17H25N3/c1-5-17(11-8-12-18-17)15-19-13-9-6-7-10-14(13)20(15)16(2,3)4/h6-7,9-10,18H,5,8,11-12H2,1-4H3. The molecule has 3 rings (SSSR count). The van der Waals surface area contributed by atoms with Crippen LogP contribution in [-0.2, 0) is 11.1 Å². The number of benzene rings is 1. The molecule has 0 aliphatic carbocycles. The van der Waals surface area contributed by atoms with E-state index in [0.717, 1.165) is 18.5 Å². The maximum absolute atomic E-state index is 5.00. The Morgan fingerprint density at radius 2 is 2.05 bits per heavy atom. The average Bonchev–Trinajstić information content (AvgIpc) is 3.03. The highest BCUT2D eigenvalue weighted by atomic mass is 15.2. The first-order valence-corrected chi connectivity index (χ1v) is 7.71. The summed E-state index contributed by atoms with van der Waals surface area (Å²) in [5, 5.41) is 3.73. The number of hydrogen-bond donors (Lipinski definition) is 1. The van der Waals surface area contributed by atoms with Crippen molar-refractivity contribution in [2.45, 2.75) is 58.0 Å². The van der Waals surface area contributed by atoms with E-state index in [1.165, 1.54) is 24.2 Å². The number of aromatic nitrogens is 2. The van der Waals surface area contributed by atoms with E-state index in [1.807, 2.05) is 0 Å². The van der Waals surface area contributed by atoms with Gasteiger partial charge in [0.2, 0.25) is 0 Å². The second-order valence-corrected chi connectivity index (χ2v) is 6.90. The van der Waals surface area contributed by atoms with Gasteiger partial charge in [0.1, 0.15) is 5.82 Å². The quantitative estimate of drug-likeness (QED) is 0.901. The third kappa shape index (κ3) is 1.96. The topological polar surface area (TPSA) is 29.9 Å². The van der Waals surface area contributed by atoms with Crippen molar-refractivity contribution in [1.82, 2.24) is 14.9 Å². The number of nitrogens with one attached hydrogen (secondary N) is 1. The summed E-state index contributed by atoms with van der Waals surface area (Å²) >= 11 is 0. The van der Waals surface area contributed by atoms with Crippen LogP contribution in [0.3, 0.4) is 0 Å². The Labute approximate surface area is 121 Å². The lowest BCUT2D eigenvalue weighted by atomic mass is 9.92. The fourth-order valence-electron chi connectivity index (χ4n) is 3.48. The molecule has 1 unspecified atom stereocenters. The zero-order valence-corrected chi connectivity index (χ0v) is 13.0. The van der Waals surface area contributed by atoms with Gasteiger partial charge in [-0.2, -0.15) is 0 Å². The minimum absolute atomic E-state index is 0.0396. The molecular formula is C17H25N3. The lowest BCUT2D eigenvalue weighted by Gasteiger charge is -2.33. The van der Waals surface area contributed by atoms with Crippen molar-refractivity contribution >= 4 is 11.0 Å². The van der Waals surface area contributed by atoms with E-state index in [1.54, 1.807) is 0 Å². The molecule has 1 fully saturated rings. The minimum Gasteiger partial charge on any atom is -0.321 e. The van der Waals surface area contributed by atoms with E-state index in [4.69, 9.17) is 4.98 Å². The van der Waals surface area contributed by atoms with Crippen molar-refractivity contribution in [3.8, 4) is 0 Å². The van der Waals surface area contributed by atoms with Crippen LogP contribution in [0.4, 0.5) is 0 Å². The lowest BCUT2D eigenvalue weighted by molar-refractivity contribution is 0.298. The van der Waals surface area contributed by atoms with Gasteiger partial charge >= 0.3 is 0 Å². The minimum atomic E-state index is 0.0396. The molecule has 0 bridgehead atoms. The number of imidazole rings is 1. The van der Waals surface area contributed by atoms with Gasteiger partial charge in [-0.25, -0.2) is 4.98 Å². The molecule has 1 saturated heterocycles. The SMILES string of the molecule is CCC1(c2nc3ccccc3n2C(C)(C)C)CCCN1. The van der Waals surface area contributed by atoms with Crippen LogP contribution in [0.15, 0.2) is 24.3 Å². The molecule has 0 amide bonds. The zero-order valence-electron chi connectivity index (χ0n) is 13.0. The maximum Gasteiger partial charge on any atom is 0.130 e.